The number of para-hydroxylation sites is 1. The minimum absolute atomic E-state index is 0.123. The zero-order valence-corrected chi connectivity index (χ0v) is 18.0. The molecule has 7 nitrogen and oxygen atoms in total. The molecule has 0 aliphatic rings. The topological polar surface area (TPSA) is 101 Å². The lowest BCUT2D eigenvalue weighted by molar-refractivity contribution is -0.384. The fraction of sp³-hybridized carbons (Fsp3) is 0.0400. The highest BCUT2D eigenvalue weighted by molar-refractivity contribution is 6.31. The van der Waals surface area contributed by atoms with Gasteiger partial charge in [-0.2, -0.15) is 5.26 Å². The molecule has 0 saturated heterocycles. The molecule has 1 amide bonds. The summed E-state index contributed by atoms with van der Waals surface area (Å²) in [5.41, 5.74) is 2.53. The van der Waals surface area contributed by atoms with Crippen LogP contribution in [0.25, 0.3) is 17.0 Å². The van der Waals surface area contributed by atoms with E-state index in [0.717, 1.165) is 16.5 Å². The molecule has 1 heterocycles. The quantitative estimate of drug-likeness (QED) is 0.171. The summed E-state index contributed by atoms with van der Waals surface area (Å²) >= 11 is 6.32. The molecule has 0 aliphatic heterocycles. The van der Waals surface area contributed by atoms with Crippen molar-refractivity contribution in [1.82, 2.24) is 4.57 Å². The van der Waals surface area contributed by atoms with Crippen molar-refractivity contribution < 1.29 is 9.72 Å². The van der Waals surface area contributed by atoms with Crippen LogP contribution in [0.15, 0.2) is 84.6 Å². The summed E-state index contributed by atoms with van der Waals surface area (Å²) in [7, 11) is 0. The maximum Gasteiger partial charge on any atom is 0.271 e. The summed E-state index contributed by atoms with van der Waals surface area (Å²) < 4.78 is 2.01. The third-order valence-corrected chi connectivity index (χ3v) is 5.47. The van der Waals surface area contributed by atoms with Crippen molar-refractivity contribution in [1.29, 1.82) is 5.26 Å². The largest absolute Gasteiger partial charge is 0.342 e. The number of rotatable bonds is 6. The normalized spacial score (nSPS) is 11.2. The third-order valence-electron chi connectivity index (χ3n) is 5.10. The number of nitro groups is 1. The number of nitro benzene ring substituents is 1. The summed E-state index contributed by atoms with van der Waals surface area (Å²) in [6.45, 7) is 0.524. The molecule has 33 heavy (non-hydrogen) atoms. The molecule has 1 aromatic heterocycles. The molecule has 1 N–H and O–H groups in total. The molecule has 4 aromatic rings. The van der Waals surface area contributed by atoms with Gasteiger partial charge in [-0.15, -0.1) is 0 Å². The number of hydrogen-bond acceptors (Lipinski definition) is 4. The highest BCUT2D eigenvalue weighted by Crippen LogP contribution is 2.26. The molecule has 162 valence electrons. The molecule has 8 heteroatoms. The number of hydrogen-bond donors (Lipinski definition) is 1. The maximum atomic E-state index is 12.7. The van der Waals surface area contributed by atoms with E-state index in [-0.39, 0.29) is 16.9 Å². The second-order valence-corrected chi connectivity index (χ2v) is 7.66. The summed E-state index contributed by atoms with van der Waals surface area (Å²) in [6, 6.07) is 22.7. The van der Waals surface area contributed by atoms with Crippen LogP contribution in [0.1, 0.15) is 11.1 Å². The van der Waals surface area contributed by atoms with Crippen LogP contribution in [0.4, 0.5) is 11.4 Å². The van der Waals surface area contributed by atoms with E-state index in [0.29, 0.717) is 17.1 Å². The first-order valence-electron chi connectivity index (χ1n) is 9.95. The number of benzene rings is 3. The lowest BCUT2D eigenvalue weighted by Crippen LogP contribution is -2.13. The van der Waals surface area contributed by atoms with Crippen molar-refractivity contribution in [2.75, 3.05) is 5.32 Å². The number of nitrogens with zero attached hydrogens (tertiary/aromatic N) is 3. The summed E-state index contributed by atoms with van der Waals surface area (Å²) in [5.74, 6) is -0.652. The first-order chi connectivity index (χ1) is 16.0. The van der Waals surface area contributed by atoms with Gasteiger partial charge in [-0.1, -0.05) is 54.1 Å². The molecule has 4 rings (SSSR count). The number of non-ortho nitro benzene ring substituents is 1. The maximum absolute atomic E-state index is 12.7. The number of nitriles is 1. The average molecular weight is 457 g/mol. The minimum Gasteiger partial charge on any atom is -0.342 e. The fourth-order valence-electron chi connectivity index (χ4n) is 3.53. The molecule has 0 fully saturated rings. The number of fused-ring (bicyclic) bond motifs is 1. The van der Waals surface area contributed by atoms with Crippen molar-refractivity contribution in [3.8, 4) is 6.07 Å². The van der Waals surface area contributed by atoms with Gasteiger partial charge in [0.05, 0.1) is 4.92 Å². The van der Waals surface area contributed by atoms with Crippen LogP contribution in [0.2, 0.25) is 5.02 Å². The van der Waals surface area contributed by atoms with E-state index in [2.05, 4.69) is 5.32 Å². The molecule has 0 radical (unpaired) electrons. The molecule has 3 aromatic carbocycles. The average Bonchev–Trinajstić information content (AvgIpc) is 3.16. The van der Waals surface area contributed by atoms with Crippen LogP contribution in [0.3, 0.4) is 0 Å². The Balaban J connectivity index is 1.67. The summed E-state index contributed by atoms with van der Waals surface area (Å²) in [4.78, 5) is 23.1. The predicted octanol–water partition coefficient (Wildman–Crippen LogP) is 5.80. The van der Waals surface area contributed by atoms with E-state index >= 15 is 0 Å². The highest BCUT2D eigenvalue weighted by Gasteiger charge is 2.15. The lowest BCUT2D eigenvalue weighted by Gasteiger charge is -2.07. The van der Waals surface area contributed by atoms with Crippen LogP contribution in [0.5, 0.6) is 0 Å². The smallest absolute Gasteiger partial charge is 0.271 e. The molecule has 0 bridgehead atoms. The molecular weight excluding hydrogens is 440 g/mol. The number of halogens is 1. The Bertz CT molecular complexity index is 1450. The molecule has 0 aliphatic carbocycles. The van der Waals surface area contributed by atoms with Gasteiger partial charge in [-0.05, 0) is 29.8 Å². The van der Waals surface area contributed by atoms with Gasteiger partial charge in [0.1, 0.15) is 11.6 Å². The summed E-state index contributed by atoms with van der Waals surface area (Å²) in [5, 5.41) is 24.7. The zero-order chi connectivity index (χ0) is 23.4. The first-order valence-corrected chi connectivity index (χ1v) is 10.3. The molecule has 0 saturated carbocycles. The number of carbonyl (C=O) groups is 1. The molecular formula is C25H17ClN4O3. The van der Waals surface area contributed by atoms with Gasteiger partial charge in [0.2, 0.25) is 0 Å². The number of anilines is 1. The highest BCUT2D eigenvalue weighted by atomic mass is 35.5. The van der Waals surface area contributed by atoms with E-state index in [4.69, 9.17) is 11.6 Å². The minimum atomic E-state index is -0.652. The Morgan fingerprint density at radius 3 is 2.64 bits per heavy atom. The van der Waals surface area contributed by atoms with Gasteiger partial charge in [-0.3, -0.25) is 14.9 Å². The fourth-order valence-corrected chi connectivity index (χ4v) is 3.73. The van der Waals surface area contributed by atoms with Gasteiger partial charge in [0, 0.05) is 52.1 Å². The van der Waals surface area contributed by atoms with E-state index in [1.807, 2.05) is 65.4 Å². The van der Waals surface area contributed by atoms with Gasteiger partial charge >= 0.3 is 0 Å². The van der Waals surface area contributed by atoms with Crippen molar-refractivity contribution >= 4 is 45.9 Å². The lowest BCUT2D eigenvalue weighted by atomic mass is 10.1. The zero-order valence-electron chi connectivity index (χ0n) is 17.2. The SMILES string of the molecule is N#C/C(=C\c1cn(Cc2ccccc2Cl)c2ccccc12)C(=O)Nc1cccc([N+](=O)[O-])c1. The van der Waals surface area contributed by atoms with Gasteiger partial charge in [0.15, 0.2) is 0 Å². The summed E-state index contributed by atoms with van der Waals surface area (Å²) in [6.07, 6.45) is 3.38. The number of nitrogens with one attached hydrogen (secondary N) is 1. The number of aromatic nitrogens is 1. The third kappa shape index (κ3) is 4.76. The van der Waals surface area contributed by atoms with Crippen LogP contribution in [-0.4, -0.2) is 15.4 Å². The Hall–Kier alpha value is -4.41. The van der Waals surface area contributed by atoms with Crippen LogP contribution < -0.4 is 5.32 Å². The monoisotopic (exact) mass is 456 g/mol. The Morgan fingerprint density at radius 2 is 1.88 bits per heavy atom. The second kappa shape index (κ2) is 9.39. The predicted molar refractivity (Wildman–Crippen MR) is 128 cm³/mol. The molecule has 0 spiro atoms. The van der Waals surface area contributed by atoms with Crippen LogP contribution >= 0.6 is 11.6 Å². The second-order valence-electron chi connectivity index (χ2n) is 7.25. The Labute approximate surface area is 194 Å². The van der Waals surface area contributed by atoms with E-state index in [9.17, 15) is 20.2 Å². The van der Waals surface area contributed by atoms with Crippen LogP contribution in [-0.2, 0) is 11.3 Å². The Kier molecular flexibility index (Phi) is 6.20. The molecule has 0 atom stereocenters. The standard InChI is InChI=1S/C25H17ClN4O3/c26-23-10-3-1-6-17(23)15-29-16-19(22-9-2-4-11-24(22)29)12-18(14-27)25(31)28-20-7-5-8-21(13-20)30(32)33/h1-13,16H,15H2,(H,28,31)/b18-12+. The Morgan fingerprint density at radius 1 is 1.12 bits per heavy atom. The van der Waals surface area contributed by atoms with E-state index in [1.165, 1.54) is 30.3 Å². The number of amides is 1. The van der Waals surface area contributed by atoms with Crippen molar-refractivity contribution in [2.24, 2.45) is 0 Å². The van der Waals surface area contributed by atoms with Gasteiger partial charge in [0.25, 0.3) is 11.6 Å². The van der Waals surface area contributed by atoms with E-state index in [1.54, 1.807) is 0 Å². The first kappa shape index (κ1) is 21.8. The van der Waals surface area contributed by atoms with Crippen molar-refractivity contribution in [2.45, 2.75) is 6.54 Å². The molecule has 0 unspecified atom stereocenters. The van der Waals surface area contributed by atoms with Crippen molar-refractivity contribution in [3.05, 3.63) is 111 Å². The number of carbonyl (C=O) groups excluding carboxylic acids is 1. The van der Waals surface area contributed by atoms with Gasteiger partial charge in [-0.25, -0.2) is 0 Å². The van der Waals surface area contributed by atoms with Crippen LogP contribution in [0, 0.1) is 21.4 Å². The van der Waals surface area contributed by atoms with Crippen molar-refractivity contribution in [3.63, 3.8) is 0 Å². The van der Waals surface area contributed by atoms with E-state index < -0.39 is 10.8 Å². The van der Waals surface area contributed by atoms with Gasteiger partial charge < -0.3 is 9.88 Å².